The molecule has 0 aromatic heterocycles. The Morgan fingerprint density at radius 2 is 1.41 bits per heavy atom. The van der Waals surface area contributed by atoms with Crippen molar-refractivity contribution in [1.82, 2.24) is 0 Å². The number of nitrogens with zero attached hydrogens (tertiary/aromatic N) is 4. The second kappa shape index (κ2) is 5.78. The Morgan fingerprint density at radius 1 is 0.773 bits per heavy atom. The summed E-state index contributed by atoms with van der Waals surface area (Å²) in [6.07, 6.45) is 0. The Bertz CT molecular complexity index is 892. The molecule has 0 radical (unpaired) electrons. The van der Waals surface area contributed by atoms with Gasteiger partial charge in [-0.3, -0.25) is 0 Å². The van der Waals surface area contributed by atoms with Gasteiger partial charge in [0.05, 0.1) is 16.7 Å². The van der Waals surface area contributed by atoms with Crippen LogP contribution >= 0.6 is 0 Å². The standard InChI is InChI=1S/C17H8N4O/c18-8-12-6-7-16(15(10-20)14(12)9-19)17(22,11-21)13-4-2-1-3-5-13/h1-7,22H. The van der Waals surface area contributed by atoms with Crippen molar-refractivity contribution in [2.24, 2.45) is 0 Å². The molecule has 0 saturated carbocycles. The Labute approximate surface area is 127 Å². The van der Waals surface area contributed by atoms with Crippen LogP contribution in [0.25, 0.3) is 0 Å². The van der Waals surface area contributed by atoms with Gasteiger partial charge in [0.15, 0.2) is 0 Å². The Hall–Kier alpha value is -3.64. The molecule has 2 rings (SSSR count). The number of benzene rings is 2. The molecule has 0 saturated heterocycles. The highest BCUT2D eigenvalue weighted by Gasteiger charge is 2.35. The van der Waals surface area contributed by atoms with Crippen LogP contribution in [0.4, 0.5) is 0 Å². The minimum Gasteiger partial charge on any atom is -0.368 e. The molecule has 102 valence electrons. The fourth-order valence-electron chi connectivity index (χ4n) is 2.19. The maximum absolute atomic E-state index is 10.8. The van der Waals surface area contributed by atoms with E-state index in [1.165, 1.54) is 12.1 Å². The average molecular weight is 284 g/mol. The van der Waals surface area contributed by atoms with E-state index in [0.717, 1.165) is 0 Å². The third kappa shape index (κ3) is 2.15. The van der Waals surface area contributed by atoms with E-state index in [0.29, 0.717) is 0 Å². The van der Waals surface area contributed by atoms with Crippen LogP contribution in [0.2, 0.25) is 0 Å². The third-order valence-corrected chi connectivity index (χ3v) is 3.29. The molecule has 0 spiro atoms. The minimum atomic E-state index is -2.08. The summed E-state index contributed by atoms with van der Waals surface area (Å²) < 4.78 is 0. The highest BCUT2D eigenvalue weighted by molar-refractivity contribution is 5.62. The van der Waals surface area contributed by atoms with Gasteiger partial charge in [-0.2, -0.15) is 21.0 Å². The maximum Gasteiger partial charge on any atom is 0.204 e. The normalized spacial score (nSPS) is 12.0. The lowest BCUT2D eigenvalue weighted by Crippen LogP contribution is -2.26. The van der Waals surface area contributed by atoms with E-state index in [-0.39, 0.29) is 27.8 Å². The van der Waals surface area contributed by atoms with Gasteiger partial charge in [-0.05, 0) is 6.07 Å². The monoisotopic (exact) mass is 284 g/mol. The summed E-state index contributed by atoms with van der Waals surface area (Å²) in [6.45, 7) is 0. The number of hydrogen-bond donors (Lipinski definition) is 1. The van der Waals surface area contributed by atoms with E-state index >= 15 is 0 Å². The van der Waals surface area contributed by atoms with Gasteiger partial charge >= 0.3 is 0 Å². The van der Waals surface area contributed by atoms with Crippen molar-refractivity contribution in [2.45, 2.75) is 5.60 Å². The first-order valence-electron chi connectivity index (χ1n) is 6.19. The van der Waals surface area contributed by atoms with Crippen LogP contribution in [0.15, 0.2) is 42.5 Å². The molecule has 0 aliphatic carbocycles. The molecule has 1 atom stereocenters. The van der Waals surface area contributed by atoms with Gasteiger partial charge < -0.3 is 5.11 Å². The third-order valence-electron chi connectivity index (χ3n) is 3.29. The van der Waals surface area contributed by atoms with Crippen LogP contribution in [-0.4, -0.2) is 5.11 Å². The predicted molar refractivity (Wildman–Crippen MR) is 75.6 cm³/mol. The van der Waals surface area contributed by atoms with E-state index in [2.05, 4.69) is 0 Å². The second-order valence-corrected chi connectivity index (χ2v) is 4.43. The van der Waals surface area contributed by atoms with Crippen molar-refractivity contribution >= 4 is 0 Å². The van der Waals surface area contributed by atoms with Crippen molar-refractivity contribution < 1.29 is 5.11 Å². The first-order valence-corrected chi connectivity index (χ1v) is 6.19. The first-order chi connectivity index (χ1) is 10.6. The lowest BCUT2D eigenvalue weighted by atomic mass is 9.82. The number of rotatable bonds is 2. The van der Waals surface area contributed by atoms with Crippen LogP contribution in [0, 0.1) is 45.3 Å². The molecule has 2 aromatic rings. The minimum absolute atomic E-state index is 0.0146. The molecule has 1 N–H and O–H groups in total. The summed E-state index contributed by atoms with van der Waals surface area (Å²) in [5, 5.41) is 47.7. The van der Waals surface area contributed by atoms with Gasteiger partial charge in [-0.15, -0.1) is 0 Å². The summed E-state index contributed by atoms with van der Waals surface area (Å²) in [6, 6.07) is 18.0. The van der Waals surface area contributed by atoms with E-state index in [1.807, 2.05) is 12.1 Å². The van der Waals surface area contributed by atoms with Crippen molar-refractivity contribution in [3.8, 4) is 24.3 Å². The topological polar surface area (TPSA) is 115 Å². The summed E-state index contributed by atoms with van der Waals surface area (Å²) in [7, 11) is 0. The molecular formula is C17H8N4O. The van der Waals surface area contributed by atoms with Gasteiger partial charge in [0.2, 0.25) is 5.60 Å². The highest BCUT2D eigenvalue weighted by Crippen LogP contribution is 2.33. The maximum atomic E-state index is 10.8. The second-order valence-electron chi connectivity index (χ2n) is 4.43. The molecule has 0 aliphatic heterocycles. The van der Waals surface area contributed by atoms with E-state index in [9.17, 15) is 20.9 Å². The van der Waals surface area contributed by atoms with Crippen LogP contribution in [-0.2, 0) is 5.60 Å². The zero-order chi connectivity index (χ0) is 16.2. The van der Waals surface area contributed by atoms with Gasteiger partial charge in [-0.1, -0.05) is 36.4 Å². The van der Waals surface area contributed by atoms with E-state index in [4.69, 9.17) is 5.26 Å². The smallest absolute Gasteiger partial charge is 0.204 e. The van der Waals surface area contributed by atoms with Crippen molar-refractivity contribution in [3.05, 3.63) is 70.3 Å². The average Bonchev–Trinajstić information content (AvgIpc) is 2.60. The molecule has 5 nitrogen and oxygen atoms in total. The molecule has 0 amide bonds. The molecule has 1 unspecified atom stereocenters. The molecular weight excluding hydrogens is 276 g/mol. The van der Waals surface area contributed by atoms with E-state index in [1.54, 1.807) is 42.5 Å². The Balaban J connectivity index is 2.84. The van der Waals surface area contributed by atoms with Gasteiger partial charge in [0.1, 0.15) is 24.3 Å². The zero-order valence-corrected chi connectivity index (χ0v) is 11.3. The SMILES string of the molecule is N#Cc1ccc(C(O)(C#N)c2ccccc2)c(C#N)c1C#N. The Kier molecular flexibility index (Phi) is 3.88. The van der Waals surface area contributed by atoms with E-state index < -0.39 is 5.60 Å². The molecule has 0 aliphatic rings. The molecule has 5 heteroatoms. The molecule has 0 heterocycles. The fraction of sp³-hybridized carbons (Fsp3) is 0.0588. The van der Waals surface area contributed by atoms with Gasteiger partial charge in [0, 0.05) is 11.1 Å². The summed E-state index contributed by atoms with van der Waals surface area (Å²) in [5.74, 6) is 0. The van der Waals surface area contributed by atoms with Gasteiger partial charge in [-0.25, -0.2) is 0 Å². The Morgan fingerprint density at radius 3 is 1.91 bits per heavy atom. The van der Waals surface area contributed by atoms with Crippen LogP contribution in [0.5, 0.6) is 0 Å². The van der Waals surface area contributed by atoms with Crippen LogP contribution < -0.4 is 0 Å². The van der Waals surface area contributed by atoms with Crippen LogP contribution in [0.1, 0.15) is 27.8 Å². The number of nitriles is 4. The quantitative estimate of drug-likeness (QED) is 0.847. The summed E-state index contributed by atoms with van der Waals surface area (Å²) in [4.78, 5) is 0. The fourth-order valence-corrected chi connectivity index (χ4v) is 2.19. The van der Waals surface area contributed by atoms with Crippen LogP contribution in [0.3, 0.4) is 0 Å². The summed E-state index contributed by atoms with van der Waals surface area (Å²) in [5.41, 5.74) is -2.11. The zero-order valence-electron chi connectivity index (χ0n) is 11.3. The van der Waals surface area contributed by atoms with Crippen molar-refractivity contribution in [2.75, 3.05) is 0 Å². The largest absolute Gasteiger partial charge is 0.368 e. The summed E-state index contributed by atoms with van der Waals surface area (Å²) >= 11 is 0. The highest BCUT2D eigenvalue weighted by atomic mass is 16.3. The molecule has 2 aromatic carbocycles. The molecule has 22 heavy (non-hydrogen) atoms. The number of aliphatic hydroxyl groups is 1. The lowest BCUT2D eigenvalue weighted by Gasteiger charge is -2.23. The van der Waals surface area contributed by atoms with Gasteiger partial charge in [0.25, 0.3) is 0 Å². The molecule has 0 bridgehead atoms. The van der Waals surface area contributed by atoms with Crippen molar-refractivity contribution in [3.63, 3.8) is 0 Å². The molecule has 0 fully saturated rings. The number of hydrogen-bond acceptors (Lipinski definition) is 5. The lowest BCUT2D eigenvalue weighted by molar-refractivity contribution is 0.142. The predicted octanol–water partition coefficient (Wildman–Crippen LogP) is 2.06. The first kappa shape index (κ1) is 14.8. The van der Waals surface area contributed by atoms with Crippen molar-refractivity contribution in [1.29, 1.82) is 21.0 Å².